The largest absolute Gasteiger partial charge is 0.462 e. The van der Waals surface area contributed by atoms with E-state index in [4.69, 9.17) is 14.2 Å². The van der Waals surface area contributed by atoms with Gasteiger partial charge in [0.05, 0.1) is 0 Å². The highest BCUT2D eigenvalue weighted by molar-refractivity contribution is 5.71. The molecule has 0 bridgehead atoms. The lowest BCUT2D eigenvalue weighted by Crippen LogP contribution is -2.30. The minimum Gasteiger partial charge on any atom is -0.462 e. The zero-order valence-electron chi connectivity index (χ0n) is 48.3. The molecule has 75 heavy (non-hydrogen) atoms. The molecule has 0 radical (unpaired) electrons. The number of allylic oxidation sites excluding steroid dienone is 24. The van der Waals surface area contributed by atoms with Gasteiger partial charge in [0.25, 0.3) is 0 Å². The lowest BCUT2D eigenvalue weighted by atomic mass is 10.1. The van der Waals surface area contributed by atoms with Crippen molar-refractivity contribution in [1.82, 2.24) is 0 Å². The maximum Gasteiger partial charge on any atom is 0.306 e. The third-order valence-electron chi connectivity index (χ3n) is 12.3. The van der Waals surface area contributed by atoms with Crippen LogP contribution in [-0.2, 0) is 28.6 Å². The Kier molecular flexibility index (Phi) is 58.0. The number of carbonyl (C=O) groups is 3. The molecule has 0 saturated heterocycles. The molecule has 0 heterocycles. The maximum atomic E-state index is 12.8. The van der Waals surface area contributed by atoms with Crippen molar-refractivity contribution < 1.29 is 28.6 Å². The van der Waals surface area contributed by atoms with Gasteiger partial charge in [-0.2, -0.15) is 0 Å². The first-order chi connectivity index (χ1) is 37.0. The first-order valence-electron chi connectivity index (χ1n) is 30.3. The predicted molar refractivity (Wildman–Crippen MR) is 325 cm³/mol. The molecule has 422 valence electrons. The average Bonchev–Trinajstić information content (AvgIpc) is 3.41. The number of hydrogen-bond donors (Lipinski definition) is 0. The van der Waals surface area contributed by atoms with Gasteiger partial charge in [-0.1, -0.05) is 263 Å². The van der Waals surface area contributed by atoms with Crippen molar-refractivity contribution in [2.45, 2.75) is 258 Å². The highest BCUT2D eigenvalue weighted by Crippen LogP contribution is 2.14. The van der Waals surface area contributed by atoms with E-state index >= 15 is 0 Å². The van der Waals surface area contributed by atoms with E-state index in [0.717, 1.165) is 128 Å². The van der Waals surface area contributed by atoms with Crippen molar-refractivity contribution in [3.63, 3.8) is 0 Å². The molecule has 0 aliphatic carbocycles. The Hall–Kier alpha value is -4.71. The monoisotopic (exact) mass is 1030 g/mol. The summed E-state index contributed by atoms with van der Waals surface area (Å²) >= 11 is 0. The van der Waals surface area contributed by atoms with Crippen LogP contribution < -0.4 is 0 Å². The Morgan fingerprint density at radius 3 is 0.853 bits per heavy atom. The van der Waals surface area contributed by atoms with Gasteiger partial charge in [0, 0.05) is 19.3 Å². The molecule has 0 rings (SSSR count). The maximum absolute atomic E-state index is 12.8. The molecular formula is C69H110O6. The molecule has 1 atom stereocenters. The van der Waals surface area contributed by atoms with Gasteiger partial charge in [0.1, 0.15) is 13.2 Å². The van der Waals surface area contributed by atoms with Crippen LogP contribution in [0.25, 0.3) is 0 Å². The van der Waals surface area contributed by atoms with Crippen molar-refractivity contribution in [2.75, 3.05) is 13.2 Å². The quantitative estimate of drug-likeness (QED) is 0.0261. The van der Waals surface area contributed by atoms with Crippen LogP contribution in [-0.4, -0.2) is 37.2 Å². The average molecular weight is 1040 g/mol. The van der Waals surface area contributed by atoms with Crippen LogP contribution in [0.1, 0.15) is 252 Å². The summed E-state index contributed by atoms with van der Waals surface area (Å²) in [6.45, 7) is 6.34. The van der Waals surface area contributed by atoms with Gasteiger partial charge >= 0.3 is 17.9 Å². The Morgan fingerprint density at radius 1 is 0.280 bits per heavy atom. The lowest BCUT2D eigenvalue weighted by Gasteiger charge is -2.18. The fourth-order valence-corrected chi connectivity index (χ4v) is 7.87. The highest BCUT2D eigenvalue weighted by Gasteiger charge is 2.19. The number of rotatable bonds is 53. The summed E-state index contributed by atoms with van der Waals surface area (Å²) in [5, 5.41) is 0. The Labute approximate surface area is 461 Å². The second kappa shape index (κ2) is 61.8. The highest BCUT2D eigenvalue weighted by atomic mass is 16.6. The molecule has 0 aromatic carbocycles. The van der Waals surface area contributed by atoms with E-state index in [1.807, 2.05) is 0 Å². The van der Waals surface area contributed by atoms with E-state index in [1.54, 1.807) is 0 Å². The zero-order chi connectivity index (χ0) is 54.3. The van der Waals surface area contributed by atoms with Gasteiger partial charge in [-0.3, -0.25) is 14.4 Å². The summed E-state index contributed by atoms with van der Waals surface area (Å²) in [5.41, 5.74) is 0. The normalized spacial score (nSPS) is 13.2. The van der Waals surface area contributed by atoms with E-state index in [0.29, 0.717) is 19.3 Å². The molecule has 0 aliphatic rings. The molecule has 0 saturated carbocycles. The number of unbranched alkanes of at least 4 members (excludes halogenated alkanes) is 18. The third-order valence-corrected chi connectivity index (χ3v) is 12.3. The van der Waals surface area contributed by atoms with Crippen LogP contribution >= 0.6 is 0 Å². The van der Waals surface area contributed by atoms with Crippen LogP contribution in [0.4, 0.5) is 0 Å². The van der Waals surface area contributed by atoms with Crippen molar-refractivity contribution in [3.05, 3.63) is 146 Å². The molecule has 0 aliphatic heterocycles. The molecule has 0 N–H and O–H groups in total. The fourth-order valence-electron chi connectivity index (χ4n) is 7.87. The summed E-state index contributed by atoms with van der Waals surface area (Å²) in [5.74, 6) is -0.982. The summed E-state index contributed by atoms with van der Waals surface area (Å²) in [6.07, 6.45) is 88.5. The molecule has 1 unspecified atom stereocenters. The molecule has 0 spiro atoms. The van der Waals surface area contributed by atoms with Crippen molar-refractivity contribution in [3.8, 4) is 0 Å². The smallest absolute Gasteiger partial charge is 0.306 e. The number of carbonyl (C=O) groups excluding carboxylic acids is 3. The summed E-state index contributed by atoms with van der Waals surface area (Å²) in [7, 11) is 0. The van der Waals surface area contributed by atoms with E-state index in [-0.39, 0.29) is 37.5 Å². The van der Waals surface area contributed by atoms with Gasteiger partial charge in [-0.25, -0.2) is 0 Å². The van der Waals surface area contributed by atoms with Crippen molar-refractivity contribution in [2.24, 2.45) is 0 Å². The summed E-state index contributed by atoms with van der Waals surface area (Å²) < 4.78 is 16.8. The van der Waals surface area contributed by atoms with Gasteiger partial charge in [-0.05, 0) is 116 Å². The van der Waals surface area contributed by atoms with Gasteiger partial charge < -0.3 is 14.2 Å². The second-order valence-corrected chi connectivity index (χ2v) is 19.5. The zero-order valence-corrected chi connectivity index (χ0v) is 48.3. The Bertz CT molecular complexity index is 1660. The van der Waals surface area contributed by atoms with Crippen LogP contribution in [0.15, 0.2) is 146 Å². The standard InChI is InChI=1S/C69H110O6/c1-4-7-10-13-16-19-22-24-26-28-29-30-31-32-33-34-35-36-37-38-39-41-42-44-47-50-53-56-59-62-68(71)74-65-66(64-73-67(70)61-58-55-52-49-46-21-18-15-12-9-6-3)75-69(72)63-60-57-54-51-48-45-43-40-27-25-23-20-17-14-11-8-5-2/h7-8,10-11,16-17,19-20,24-27,29-30,32-33,35-36,38-39,43,45,51,54,66H,4-6,9,12-15,18,21-23,28,31,34,37,40-42,44,46-50,52-53,55-65H2,1-3H3/b10-7-,11-8-,19-16-,20-17-,26-24-,27-25-,30-29-,33-32-,36-35-,39-38-,45-43-,54-51-. The predicted octanol–water partition coefficient (Wildman–Crippen LogP) is 20.8. The Morgan fingerprint density at radius 2 is 0.533 bits per heavy atom. The molecule has 6 heteroatoms. The molecule has 0 aromatic rings. The minimum atomic E-state index is -0.817. The van der Waals surface area contributed by atoms with E-state index in [1.165, 1.54) is 77.0 Å². The molecule has 6 nitrogen and oxygen atoms in total. The lowest BCUT2D eigenvalue weighted by molar-refractivity contribution is -0.167. The second-order valence-electron chi connectivity index (χ2n) is 19.5. The number of esters is 3. The molecular weight excluding hydrogens is 925 g/mol. The molecule has 0 aromatic heterocycles. The summed E-state index contributed by atoms with van der Waals surface area (Å²) in [4.78, 5) is 38.1. The Balaban J connectivity index is 4.38. The number of ether oxygens (including phenoxy) is 3. The molecule has 0 fully saturated rings. The first-order valence-corrected chi connectivity index (χ1v) is 30.3. The number of hydrogen-bond acceptors (Lipinski definition) is 6. The molecule has 0 amide bonds. The van der Waals surface area contributed by atoms with Crippen LogP contribution in [0, 0.1) is 0 Å². The fraction of sp³-hybridized carbons (Fsp3) is 0.609. The topological polar surface area (TPSA) is 78.9 Å². The van der Waals surface area contributed by atoms with E-state index in [9.17, 15) is 14.4 Å². The SMILES string of the molecule is CC/C=C\C/C=C\C/C=C\C/C=C\C/C=C\C/C=C\C/C=C\CCCCCCCCCC(=O)OCC(COC(=O)CCCCCCCCCCCCC)OC(=O)CCC/C=C\C/C=C\C/C=C\C/C=C\C/C=C\CC. The van der Waals surface area contributed by atoms with Crippen molar-refractivity contribution >= 4 is 17.9 Å². The van der Waals surface area contributed by atoms with Gasteiger partial charge in [-0.15, -0.1) is 0 Å². The van der Waals surface area contributed by atoms with Crippen LogP contribution in [0.2, 0.25) is 0 Å². The minimum absolute atomic E-state index is 0.107. The van der Waals surface area contributed by atoms with Crippen molar-refractivity contribution in [1.29, 1.82) is 0 Å². The summed E-state index contributed by atoms with van der Waals surface area (Å²) in [6, 6.07) is 0. The first kappa shape index (κ1) is 70.3. The van der Waals surface area contributed by atoms with Crippen LogP contribution in [0.3, 0.4) is 0 Å². The van der Waals surface area contributed by atoms with E-state index < -0.39 is 6.10 Å². The van der Waals surface area contributed by atoms with Gasteiger partial charge in [0.2, 0.25) is 0 Å². The van der Waals surface area contributed by atoms with Crippen LogP contribution in [0.5, 0.6) is 0 Å². The van der Waals surface area contributed by atoms with Gasteiger partial charge in [0.15, 0.2) is 6.10 Å². The van der Waals surface area contributed by atoms with E-state index in [2.05, 4.69) is 167 Å². The third kappa shape index (κ3) is 60.0.